The van der Waals surface area contributed by atoms with Crippen molar-refractivity contribution in [1.29, 1.82) is 0 Å². The van der Waals surface area contributed by atoms with E-state index in [4.69, 9.17) is 8.85 Å². The molecule has 0 heterocycles. The predicted molar refractivity (Wildman–Crippen MR) is 180 cm³/mol. The van der Waals surface area contributed by atoms with E-state index >= 15 is 0 Å². The molecular weight excluding hydrogens is 529 g/mol. The third-order valence-corrected chi connectivity index (χ3v) is 16.6. The van der Waals surface area contributed by atoms with Gasteiger partial charge in [-0.15, -0.1) is 0 Å². The lowest BCUT2D eigenvalue weighted by molar-refractivity contribution is 0.361. The molecule has 0 fully saturated rings. The SMILES string of the molecule is CCCC(CCC(CCCCCCCCc1ccc(C(C)NCCCNC)c(O)c1)[Si](C)(C)OC)[Si](C)(C)OC. The van der Waals surface area contributed by atoms with Gasteiger partial charge in [0, 0.05) is 25.8 Å². The van der Waals surface area contributed by atoms with Gasteiger partial charge in [0.2, 0.25) is 0 Å². The molecule has 0 aliphatic carbocycles. The van der Waals surface area contributed by atoms with Gasteiger partial charge in [-0.2, -0.15) is 0 Å². The smallest absolute Gasteiger partial charge is 0.189 e. The number of nitrogens with one attached hydrogen (secondary N) is 2. The summed E-state index contributed by atoms with van der Waals surface area (Å²) in [4.78, 5) is 0. The first-order valence-electron chi connectivity index (χ1n) is 16.3. The summed E-state index contributed by atoms with van der Waals surface area (Å²) in [6.45, 7) is 16.0. The zero-order valence-electron chi connectivity index (χ0n) is 27.8. The fourth-order valence-corrected chi connectivity index (χ4v) is 10.3. The molecule has 0 aromatic heterocycles. The van der Waals surface area contributed by atoms with Crippen LogP contribution < -0.4 is 10.6 Å². The molecule has 0 amide bonds. The van der Waals surface area contributed by atoms with Crippen molar-refractivity contribution in [3.8, 4) is 5.75 Å². The zero-order chi connectivity index (χ0) is 30.0. The van der Waals surface area contributed by atoms with Crippen LogP contribution in [0.2, 0.25) is 37.3 Å². The quantitative estimate of drug-likeness (QED) is 0.0824. The van der Waals surface area contributed by atoms with Crippen LogP contribution in [-0.4, -0.2) is 56.1 Å². The van der Waals surface area contributed by atoms with Crippen molar-refractivity contribution in [2.75, 3.05) is 34.4 Å². The molecule has 3 atom stereocenters. The lowest BCUT2D eigenvalue weighted by atomic mass is 10.00. The Bertz CT molecular complexity index is 791. The van der Waals surface area contributed by atoms with E-state index in [2.05, 4.69) is 62.8 Å². The predicted octanol–water partition coefficient (Wildman–Crippen LogP) is 8.95. The Kier molecular flexibility index (Phi) is 18.9. The molecule has 0 bridgehead atoms. The highest BCUT2D eigenvalue weighted by Crippen LogP contribution is 2.39. The highest BCUT2D eigenvalue weighted by atomic mass is 28.4. The van der Waals surface area contributed by atoms with Gasteiger partial charge in [0.25, 0.3) is 0 Å². The van der Waals surface area contributed by atoms with Gasteiger partial charge in [0.05, 0.1) is 0 Å². The summed E-state index contributed by atoms with van der Waals surface area (Å²) in [6, 6.07) is 6.44. The van der Waals surface area contributed by atoms with Crippen LogP contribution in [0.3, 0.4) is 0 Å². The molecule has 3 unspecified atom stereocenters. The summed E-state index contributed by atoms with van der Waals surface area (Å²) in [5.41, 5.74) is 3.73. The van der Waals surface area contributed by atoms with Crippen LogP contribution in [0.15, 0.2) is 18.2 Å². The lowest BCUT2D eigenvalue weighted by Crippen LogP contribution is -2.38. The number of hydrogen-bond acceptors (Lipinski definition) is 5. The second-order valence-corrected chi connectivity index (χ2v) is 21.9. The minimum absolute atomic E-state index is 0.166. The fourth-order valence-electron chi connectivity index (χ4n) is 5.99. The normalized spacial score (nSPS) is 14.8. The van der Waals surface area contributed by atoms with Gasteiger partial charge in [-0.05, 0) is 95.2 Å². The topological polar surface area (TPSA) is 62.8 Å². The third-order valence-electron chi connectivity index (χ3n) is 9.40. The van der Waals surface area contributed by atoms with Crippen LogP contribution in [-0.2, 0) is 15.3 Å². The molecule has 0 saturated carbocycles. The van der Waals surface area contributed by atoms with Crippen molar-refractivity contribution >= 4 is 16.6 Å². The first-order chi connectivity index (χ1) is 19.0. The van der Waals surface area contributed by atoms with Gasteiger partial charge in [0.15, 0.2) is 16.6 Å². The lowest BCUT2D eigenvalue weighted by Gasteiger charge is -2.35. The number of aryl methyl sites for hydroxylation is 1. The molecule has 0 spiro atoms. The van der Waals surface area contributed by atoms with E-state index < -0.39 is 16.6 Å². The van der Waals surface area contributed by atoms with Gasteiger partial charge in [-0.25, -0.2) is 0 Å². The molecule has 7 heteroatoms. The molecule has 5 nitrogen and oxygen atoms in total. The monoisotopic (exact) mass is 594 g/mol. The minimum atomic E-state index is -1.66. The van der Waals surface area contributed by atoms with Crippen LogP contribution in [0.5, 0.6) is 5.75 Å². The van der Waals surface area contributed by atoms with Crippen LogP contribution in [0.25, 0.3) is 0 Å². The maximum atomic E-state index is 10.6. The van der Waals surface area contributed by atoms with Crippen LogP contribution >= 0.6 is 0 Å². The van der Waals surface area contributed by atoms with E-state index in [1.807, 2.05) is 27.3 Å². The molecule has 0 radical (unpaired) electrons. The molecule has 0 aliphatic rings. The Labute approximate surface area is 250 Å². The van der Waals surface area contributed by atoms with Crippen molar-refractivity contribution in [2.45, 2.75) is 141 Å². The van der Waals surface area contributed by atoms with Gasteiger partial charge >= 0.3 is 0 Å². The van der Waals surface area contributed by atoms with E-state index in [0.717, 1.165) is 42.6 Å². The second-order valence-electron chi connectivity index (χ2n) is 13.1. The average molecular weight is 595 g/mol. The summed E-state index contributed by atoms with van der Waals surface area (Å²) in [5, 5.41) is 17.2. The molecule has 0 aliphatic heterocycles. The zero-order valence-corrected chi connectivity index (χ0v) is 29.8. The van der Waals surface area contributed by atoms with Crippen molar-refractivity contribution in [1.82, 2.24) is 10.6 Å². The number of rotatable bonds is 24. The number of aromatic hydroxyl groups is 1. The number of benzene rings is 1. The molecule has 1 rings (SSSR count). The Hall–Kier alpha value is -0.706. The number of hydrogen-bond donors (Lipinski definition) is 3. The maximum absolute atomic E-state index is 10.6. The highest BCUT2D eigenvalue weighted by Gasteiger charge is 2.36. The maximum Gasteiger partial charge on any atom is 0.189 e. The molecule has 40 heavy (non-hydrogen) atoms. The minimum Gasteiger partial charge on any atom is -0.508 e. The Morgan fingerprint density at radius 2 is 1.35 bits per heavy atom. The molecule has 3 N–H and O–H groups in total. The highest BCUT2D eigenvalue weighted by molar-refractivity contribution is 6.73. The first-order valence-corrected chi connectivity index (χ1v) is 22.3. The summed E-state index contributed by atoms with van der Waals surface area (Å²) in [5.74, 6) is 0.428. The molecule has 1 aromatic rings. The summed E-state index contributed by atoms with van der Waals surface area (Å²) >= 11 is 0. The Morgan fingerprint density at radius 1 is 0.775 bits per heavy atom. The first kappa shape index (κ1) is 37.3. The number of unbranched alkanes of at least 4 members (excludes halogenated alkanes) is 5. The van der Waals surface area contributed by atoms with Gasteiger partial charge < -0.3 is 24.6 Å². The second kappa shape index (κ2) is 20.2. The van der Waals surface area contributed by atoms with Gasteiger partial charge in [-0.3, -0.25) is 0 Å². The van der Waals surface area contributed by atoms with Crippen LogP contribution in [0, 0.1) is 0 Å². The molecular formula is C33H66N2O3Si2. The van der Waals surface area contributed by atoms with E-state index in [1.54, 1.807) is 0 Å². The molecule has 0 saturated heterocycles. The summed E-state index contributed by atoms with van der Waals surface area (Å²) in [7, 11) is 2.57. The van der Waals surface area contributed by atoms with Crippen molar-refractivity contribution in [2.24, 2.45) is 0 Å². The van der Waals surface area contributed by atoms with Crippen LogP contribution in [0.4, 0.5) is 0 Å². The Balaban J connectivity index is 2.38. The molecule has 234 valence electrons. The van der Waals surface area contributed by atoms with Crippen molar-refractivity contribution < 1.29 is 14.0 Å². The van der Waals surface area contributed by atoms with E-state index in [9.17, 15) is 5.11 Å². The standard InChI is InChI=1S/C33H66N2O3Si2/c1-10-18-30(39(6,7)37-4)22-23-31(40(8,9)38-5)20-16-14-12-11-13-15-19-29-21-24-32(33(36)27-29)28(2)35-26-17-25-34-3/h21,24,27-28,30-31,34-36H,10-20,22-23,25-26H2,1-9H3. The Morgan fingerprint density at radius 3 is 1.90 bits per heavy atom. The van der Waals surface area contributed by atoms with Crippen molar-refractivity contribution in [3.63, 3.8) is 0 Å². The van der Waals surface area contributed by atoms with Gasteiger partial charge in [0.1, 0.15) is 5.75 Å². The van der Waals surface area contributed by atoms with Gasteiger partial charge in [-0.1, -0.05) is 83.3 Å². The fraction of sp³-hybridized carbons (Fsp3) is 0.818. The number of phenolic OH excluding ortho intramolecular Hbond substituents is 1. The summed E-state index contributed by atoms with van der Waals surface area (Å²) in [6.07, 6.45) is 16.3. The largest absolute Gasteiger partial charge is 0.508 e. The van der Waals surface area contributed by atoms with Crippen LogP contribution in [0.1, 0.15) is 108 Å². The third kappa shape index (κ3) is 14.0. The average Bonchev–Trinajstić information content (AvgIpc) is 2.93. The van der Waals surface area contributed by atoms with E-state index in [1.165, 1.54) is 76.2 Å². The number of phenols is 1. The van der Waals surface area contributed by atoms with Crippen molar-refractivity contribution in [3.05, 3.63) is 29.3 Å². The van der Waals surface area contributed by atoms with E-state index in [-0.39, 0.29) is 6.04 Å². The summed E-state index contributed by atoms with van der Waals surface area (Å²) < 4.78 is 12.1. The van der Waals surface area contributed by atoms with E-state index in [0.29, 0.717) is 5.75 Å². The molecule has 1 aromatic carbocycles.